The average molecular weight is 264 g/mol. The molecule has 106 valence electrons. The molecule has 0 spiro atoms. The van der Waals surface area contributed by atoms with Crippen LogP contribution in [0.25, 0.3) is 0 Å². The summed E-state index contributed by atoms with van der Waals surface area (Å²) in [5.41, 5.74) is 6.40. The molecule has 0 heterocycles. The number of likely N-dealkylation sites (N-methyl/N-ethyl adjacent to an activating group) is 1. The highest BCUT2D eigenvalue weighted by atomic mass is 16.5. The zero-order valence-electron chi connectivity index (χ0n) is 11.6. The van der Waals surface area contributed by atoms with Gasteiger partial charge in [-0.25, -0.2) is 0 Å². The maximum atomic E-state index is 10.0. The third kappa shape index (κ3) is 4.73. The number of nitrogens with zero attached hydrogens (tertiary/aromatic N) is 1. The van der Waals surface area contributed by atoms with Crippen LogP contribution >= 0.6 is 0 Å². The summed E-state index contributed by atoms with van der Waals surface area (Å²) in [6.07, 6.45) is 2.20. The van der Waals surface area contributed by atoms with Crippen LogP contribution in [0.5, 0.6) is 5.75 Å². The first-order chi connectivity index (χ1) is 9.19. The van der Waals surface area contributed by atoms with E-state index < -0.39 is 6.10 Å². The van der Waals surface area contributed by atoms with Gasteiger partial charge in [0.1, 0.15) is 18.5 Å². The van der Waals surface area contributed by atoms with E-state index in [-0.39, 0.29) is 6.61 Å². The van der Waals surface area contributed by atoms with Crippen molar-refractivity contribution in [3.63, 3.8) is 0 Å². The molecular formula is C15H24N2O2. The van der Waals surface area contributed by atoms with Crippen LogP contribution in [0.4, 0.5) is 5.69 Å². The SMILES string of the molecule is CCN(CC(O)COc1ccccc1N)CC1CC1. The van der Waals surface area contributed by atoms with E-state index in [9.17, 15) is 5.11 Å². The lowest BCUT2D eigenvalue weighted by Crippen LogP contribution is -2.36. The first kappa shape index (κ1) is 14.2. The zero-order valence-corrected chi connectivity index (χ0v) is 11.6. The van der Waals surface area contributed by atoms with E-state index in [0.717, 1.165) is 19.0 Å². The largest absolute Gasteiger partial charge is 0.489 e. The van der Waals surface area contributed by atoms with Crippen LogP contribution in [0.15, 0.2) is 24.3 Å². The van der Waals surface area contributed by atoms with Gasteiger partial charge in [-0.15, -0.1) is 0 Å². The van der Waals surface area contributed by atoms with Gasteiger partial charge in [-0.3, -0.25) is 0 Å². The first-order valence-corrected chi connectivity index (χ1v) is 7.06. The quantitative estimate of drug-likeness (QED) is 0.702. The molecule has 1 fully saturated rings. The van der Waals surface area contributed by atoms with Crippen molar-refractivity contribution in [2.24, 2.45) is 5.92 Å². The Morgan fingerprint density at radius 1 is 1.42 bits per heavy atom. The molecule has 2 rings (SSSR count). The number of hydrogen-bond donors (Lipinski definition) is 2. The number of aliphatic hydroxyl groups excluding tert-OH is 1. The van der Waals surface area contributed by atoms with Crippen molar-refractivity contribution >= 4 is 5.69 Å². The lowest BCUT2D eigenvalue weighted by molar-refractivity contribution is 0.0687. The van der Waals surface area contributed by atoms with Crippen molar-refractivity contribution in [1.29, 1.82) is 0 Å². The van der Waals surface area contributed by atoms with Crippen LogP contribution < -0.4 is 10.5 Å². The molecule has 0 amide bonds. The normalized spacial score (nSPS) is 16.6. The zero-order chi connectivity index (χ0) is 13.7. The highest BCUT2D eigenvalue weighted by molar-refractivity contribution is 5.51. The van der Waals surface area contributed by atoms with Crippen LogP contribution in [-0.2, 0) is 0 Å². The topological polar surface area (TPSA) is 58.7 Å². The van der Waals surface area contributed by atoms with Gasteiger partial charge in [-0.05, 0) is 37.4 Å². The molecule has 0 aromatic heterocycles. The summed E-state index contributed by atoms with van der Waals surface area (Å²) in [5.74, 6) is 1.49. The van der Waals surface area contributed by atoms with E-state index in [2.05, 4.69) is 11.8 Å². The molecule has 0 radical (unpaired) electrons. The van der Waals surface area contributed by atoms with E-state index in [1.54, 1.807) is 6.07 Å². The fraction of sp³-hybridized carbons (Fsp3) is 0.600. The second-order valence-corrected chi connectivity index (χ2v) is 5.30. The lowest BCUT2D eigenvalue weighted by atomic mass is 10.3. The number of rotatable bonds is 8. The summed E-state index contributed by atoms with van der Waals surface area (Å²) in [5, 5.41) is 10.0. The van der Waals surface area contributed by atoms with Gasteiger partial charge < -0.3 is 20.5 Å². The summed E-state index contributed by atoms with van der Waals surface area (Å²) in [6.45, 7) is 5.16. The number of nitrogens with two attached hydrogens (primary N) is 1. The number of ether oxygens (including phenoxy) is 1. The van der Waals surface area contributed by atoms with Gasteiger partial charge in [-0.1, -0.05) is 19.1 Å². The third-order valence-corrected chi connectivity index (χ3v) is 3.48. The lowest BCUT2D eigenvalue weighted by Gasteiger charge is -2.23. The van der Waals surface area contributed by atoms with E-state index in [0.29, 0.717) is 18.0 Å². The Balaban J connectivity index is 1.73. The third-order valence-electron chi connectivity index (χ3n) is 3.48. The molecule has 1 atom stereocenters. The Kier molecular flexibility index (Phi) is 5.05. The second kappa shape index (κ2) is 6.78. The molecule has 1 aliphatic rings. The van der Waals surface area contributed by atoms with Crippen molar-refractivity contribution in [1.82, 2.24) is 4.90 Å². The number of anilines is 1. The minimum atomic E-state index is -0.474. The van der Waals surface area contributed by atoms with Crippen LogP contribution in [0, 0.1) is 5.92 Å². The molecule has 1 aliphatic carbocycles. The molecule has 3 N–H and O–H groups in total. The van der Waals surface area contributed by atoms with Gasteiger partial charge in [0.15, 0.2) is 0 Å². The van der Waals surface area contributed by atoms with Gasteiger partial charge >= 0.3 is 0 Å². The second-order valence-electron chi connectivity index (χ2n) is 5.30. The molecule has 1 aromatic carbocycles. The Morgan fingerprint density at radius 2 is 2.16 bits per heavy atom. The van der Waals surface area contributed by atoms with Gasteiger partial charge in [0.25, 0.3) is 0 Å². The van der Waals surface area contributed by atoms with Crippen LogP contribution in [-0.4, -0.2) is 42.4 Å². The smallest absolute Gasteiger partial charge is 0.142 e. The minimum absolute atomic E-state index is 0.287. The summed E-state index contributed by atoms with van der Waals surface area (Å²) in [7, 11) is 0. The van der Waals surface area contributed by atoms with Gasteiger partial charge in [0.2, 0.25) is 0 Å². The van der Waals surface area contributed by atoms with Crippen molar-refractivity contribution in [3.05, 3.63) is 24.3 Å². The monoisotopic (exact) mass is 264 g/mol. The molecule has 19 heavy (non-hydrogen) atoms. The summed E-state index contributed by atoms with van der Waals surface area (Å²) in [6, 6.07) is 7.37. The standard InChI is InChI=1S/C15H24N2O2/c1-2-17(9-12-7-8-12)10-13(18)11-19-15-6-4-3-5-14(15)16/h3-6,12-13,18H,2,7-11,16H2,1H3. The maximum absolute atomic E-state index is 10.0. The van der Waals surface area contributed by atoms with Gasteiger partial charge in [0, 0.05) is 13.1 Å². The summed E-state index contributed by atoms with van der Waals surface area (Å²) >= 11 is 0. The highest BCUT2D eigenvalue weighted by Crippen LogP contribution is 2.29. The van der Waals surface area contributed by atoms with Crippen molar-refractivity contribution < 1.29 is 9.84 Å². The molecule has 1 unspecified atom stereocenters. The molecule has 0 aliphatic heterocycles. The van der Waals surface area contributed by atoms with Crippen molar-refractivity contribution in [3.8, 4) is 5.75 Å². The van der Waals surface area contributed by atoms with Gasteiger partial charge in [-0.2, -0.15) is 0 Å². The predicted molar refractivity (Wildman–Crippen MR) is 77.2 cm³/mol. The molecule has 0 bridgehead atoms. The fourth-order valence-electron chi connectivity index (χ4n) is 2.15. The van der Waals surface area contributed by atoms with E-state index in [1.165, 1.54) is 12.8 Å². The first-order valence-electron chi connectivity index (χ1n) is 7.06. The highest BCUT2D eigenvalue weighted by Gasteiger charge is 2.24. The average Bonchev–Trinajstić information content (AvgIpc) is 3.21. The number of hydrogen-bond acceptors (Lipinski definition) is 4. The maximum Gasteiger partial charge on any atom is 0.142 e. The van der Waals surface area contributed by atoms with Crippen molar-refractivity contribution in [2.75, 3.05) is 32.0 Å². The van der Waals surface area contributed by atoms with E-state index in [4.69, 9.17) is 10.5 Å². The van der Waals surface area contributed by atoms with E-state index in [1.807, 2.05) is 18.2 Å². The predicted octanol–water partition coefficient (Wildman–Crippen LogP) is 1.74. The summed E-state index contributed by atoms with van der Waals surface area (Å²) in [4.78, 5) is 2.29. The van der Waals surface area contributed by atoms with Crippen LogP contribution in [0.2, 0.25) is 0 Å². The van der Waals surface area contributed by atoms with Crippen molar-refractivity contribution in [2.45, 2.75) is 25.9 Å². The van der Waals surface area contributed by atoms with Crippen LogP contribution in [0.3, 0.4) is 0 Å². The molecule has 1 saturated carbocycles. The number of nitrogen functional groups attached to an aromatic ring is 1. The summed E-state index contributed by atoms with van der Waals surface area (Å²) < 4.78 is 5.56. The minimum Gasteiger partial charge on any atom is -0.489 e. The Morgan fingerprint density at radius 3 is 2.79 bits per heavy atom. The molecular weight excluding hydrogens is 240 g/mol. The molecule has 4 heteroatoms. The molecule has 0 saturated heterocycles. The number of benzene rings is 1. The molecule has 4 nitrogen and oxygen atoms in total. The molecule has 1 aromatic rings. The fourth-order valence-corrected chi connectivity index (χ4v) is 2.15. The number of aliphatic hydroxyl groups is 1. The van der Waals surface area contributed by atoms with E-state index >= 15 is 0 Å². The number of para-hydroxylation sites is 2. The van der Waals surface area contributed by atoms with Crippen LogP contribution in [0.1, 0.15) is 19.8 Å². The Bertz CT molecular complexity index is 393. The Labute approximate surface area is 115 Å². The Hall–Kier alpha value is -1.26. The van der Waals surface area contributed by atoms with Gasteiger partial charge in [0.05, 0.1) is 5.69 Å².